The third kappa shape index (κ3) is 3.86. The second-order valence-electron chi connectivity index (χ2n) is 7.24. The van der Waals surface area contributed by atoms with Gasteiger partial charge in [-0.2, -0.15) is 0 Å². The van der Waals surface area contributed by atoms with Crippen LogP contribution in [0.25, 0.3) is 0 Å². The highest BCUT2D eigenvalue weighted by molar-refractivity contribution is 5.92. The number of carbonyl (C=O) groups is 1. The molecule has 9 nitrogen and oxygen atoms in total. The lowest BCUT2D eigenvalue weighted by molar-refractivity contribution is 0.0740. The Kier molecular flexibility index (Phi) is 4.91. The smallest absolute Gasteiger partial charge is 0.276 e. The van der Waals surface area contributed by atoms with Crippen LogP contribution in [0.15, 0.2) is 12.3 Å². The molecule has 0 unspecified atom stereocenters. The summed E-state index contributed by atoms with van der Waals surface area (Å²) in [4.78, 5) is 28.2. The molecule has 2 saturated heterocycles. The van der Waals surface area contributed by atoms with Crippen LogP contribution in [-0.4, -0.2) is 75.0 Å². The number of aromatic nitrogens is 5. The van der Waals surface area contributed by atoms with E-state index in [-0.39, 0.29) is 5.91 Å². The molecule has 2 aromatic rings. The number of nitrogens with zero attached hydrogens (tertiary/aromatic N) is 8. The largest absolute Gasteiger partial charge is 0.356 e. The number of aryl methyl sites for hydroxylation is 2. The Morgan fingerprint density at radius 2 is 1.56 bits per heavy atom. The highest BCUT2D eigenvalue weighted by Crippen LogP contribution is 2.23. The van der Waals surface area contributed by atoms with Gasteiger partial charge in [-0.3, -0.25) is 9.48 Å². The number of hydrogen-bond donors (Lipinski definition) is 0. The standard InChI is InChI=1S/C18H26N8O/c1-14-19-16(24-6-4-3-5-7-24)12-17(20-14)25-8-10-26(11-9-25)18(27)15-13-23(2)22-21-15/h12-13H,3-11H2,1-2H3. The number of anilines is 2. The maximum absolute atomic E-state index is 12.5. The van der Waals surface area contributed by atoms with Gasteiger partial charge in [0.15, 0.2) is 5.69 Å². The molecule has 0 radical (unpaired) electrons. The van der Waals surface area contributed by atoms with Crippen LogP contribution < -0.4 is 9.80 Å². The van der Waals surface area contributed by atoms with Gasteiger partial charge in [0.2, 0.25) is 0 Å². The summed E-state index contributed by atoms with van der Waals surface area (Å²) in [6.07, 6.45) is 5.41. The van der Waals surface area contributed by atoms with Crippen LogP contribution >= 0.6 is 0 Å². The van der Waals surface area contributed by atoms with E-state index in [9.17, 15) is 4.79 Å². The fraction of sp³-hybridized carbons (Fsp3) is 0.611. The molecular formula is C18H26N8O. The van der Waals surface area contributed by atoms with Crippen molar-refractivity contribution in [3.8, 4) is 0 Å². The molecule has 0 N–H and O–H groups in total. The molecule has 0 saturated carbocycles. The predicted molar refractivity (Wildman–Crippen MR) is 102 cm³/mol. The molecule has 0 atom stereocenters. The van der Waals surface area contributed by atoms with Gasteiger partial charge in [-0.15, -0.1) is 5.10 Å². The van der Waals surface area contributed by atoms with E-state index in [2.05, 4.69) is 36.1 Å². The summed E-state index contributed by atoms with van der Waals surface area (Å²) in [7, 11) is 1.76. The maximum Gasteiger partial charge on any atom is 0.276 e. The van der Waals surface area contributed by atoms with Crippen molar-refractivity contribution in [1.82, 2.24) is 29.9 Å². The van der Waals surface area contributed by atoms with Crippen molar-refractivity contribution in [2.24, 2.45) is 7.05 Å². The second-order valence-corrected chi connectivity index (χ2v) is 7.24. The molecule has 144 valence electrons. The van der Waals surface area contributed by atoms with Crippen molar-refractivity contribution in [3.63, 3.8) is 0 Å². The van der Waals surface area contributed by atoms with Crippen molar-refractivity contribution in [2.45, 2.75) is 26.2 Å². The molecule has 4 heterocycles. The van der Waals surface area contributed by atoms with Gasteiger partial charge in [-0.05, 0) is 26.2 Å². The second kappa shape index (κ2) is 7.50. The quantitative estimate of drug-likeness (QED) is 0.792. The summed E-state index contributed by atoms with van der Waals surface area (Å²) in [6, 6.07) is 2.10. The fourth-order valence-electron chi connectivity index (χ4n) is 3.73. The van der Waals surface area contributed by atoms with Gasteiger partial charge in [0.25, 0.3) is 5.91 Å². The minimum absolute atomic E-state index is 0.0596. The number of piperazine rings is 1. The predicted octanol–water partition coefficient (Wildman–Crippen LogP) is 0.866. The molecule has 2 aliphatic rings. The Morgan fingerprint density at radius 3 is 2.15 bits per heavy atom. The minimum Gasteiger partial charge on any atom is -0.356 e. The summed E-state index contributed by atoms with van der Waals surface area (Å²) >= 11 is 0. The normalized spacial score (nSPS) is 18.1. The lowest BCUT2D eigenvalue weighted by atomic mass is 10.1. The van der Waals surface area contributed by atoms with Crippen LogP contribution in [-0.2, 0) is 7.05 Å². The zero-order chi connectivity index (χ0) is 18.8. The number of amides is 1. The first-order valence-electron chi connectivity index (χ1n) is 9.61. The molecule has 1 amide bonds. The van der Waals surface area contributed by atoms with E-state index in [1.807, 2.05) is 11.8 Å². The van der Waals surface area contributed by atoms with Crippen LogP contribution in [0.2, 0.25) is 0 Å². The summed E-state index contributed by atoms with van der Waals surface area (Å²) in [5.41, 5.74) is 0.399. The van der Waals surface area contributed by atoms with E-state index in [1.165, 1.54) is 19.3 Å². The maximum atomic E-state index is 12.5. The molecule has 2 fully saturated rings. The molecule has 2 aliphatic heterocycles. The van der Waals surface area contributed by atoms with Crippen LogP contribution in [0, 0.1) is 6.92 Å². The Bertz CT molecular complexity index is 805. The topological polar surface area (TPSA) is 83.3 Å². The van der Waals surface area contributed by atoms with E-state index in [1.54, 1.807) is 17.9 Å². The van der Waals surface area contributed by atoms with Crippen LogP contribution in [0.4, 0.5) is 11.6 Å². The average molecular weight is 370 g/mol. The Hall–Kier alpha value is -2.71. The van der Waals surface area contributed by atoms with Crippen molar-refractivity contribution in [1.29, 1.82) is 0 Å². The number of hydrogen-bond acceptors (Lipinski definition) is 7. The van der Waals surface area contributed by atoms with Gasteiger partial charge in [-0.1, -0.05) is 5.21 Å². The van der Waals surface area contributed by atoms with Crippen LogP contribution in [0.3, 0.4) is 0 Å². The monoisotopic (exact) mass is 370 g/mol. The minimum atomic E-state index is -0.0596. The van der Waals surface area contributed by atoms with Gasteiger partial charge < -0.3 is 14.7 Å². The van der Waals surface area contributed by atoms with Crippen molar-refractivity contribution in [3.05, 3.63) is 23.8 Å². The highest BCUT2D eigenvalue weighted by atomic mass is 16.2. The van der Waals surface area contributed by atoms with Gasteiger partial charge in [0, 0.05) is 52.4 Å². The first kappa shape index (κ1) is 17.7. The van der Waals surface area contributed by atoms with E-state index < -0.39 is 0 Å². The number of rotatable bonds is 3. The zero-order valence-corrected chi connectivity index (χ0v) is 16.0. The molecule has 0 aliphatic carbocycles. The van der Waals surface area contributed by atoms with Gasteiger partial charge in [0.05, 0.1) is 6.20 Å². The molecule has 2 aromatic heterocycles. The third-order valence-corrected chi connectivity index (χ3v) is 5.20. The van der Waals surface area contributed by atoms with E-state index in [4.69, 9.17) is 0 Å². The van der Waals surface area contributed by atoms with Gasteiger partial charge in [-0.25, -0.2) is 9.97 Å². The summed E-state index contributed by atoms with van der Waals surface area (Å²) < 4.78 is 1.55. The Balaban J connectivity index is 1.43. The molecule has 0 aromatic carbocycles. The lowest BCUT2D eigenvalue weighted by Crippen LogP contribution is -2.49. The van der Waals surface area contributed by atoms with Crippen molar-refractivity contribution >= 4 is 17.5 Å². The molecule has 27 heavy (non-hydrogen) atoms. The highest BCUT2D eigenvalue weighted by Gasteiger charge is 2.25. The third-order valence-electron chi connectivity index (χ3n) is 5.20. The summed E-state index contributed by atoms with van der Waals surface area (Å²) in [5, 5.41) is 7.77. The van der Waals surface area contributed by atoms with E-state index >= 15 is 0 Å². The SMILES string of the molecule is Cc1nc(N2CCCCC2)cc(N2CCN(C(=O)c3cn(C)nn3)CC2)n1. The molecular weight excluding hydrogens is 344 g/mol. The zero-order valence-electron chi connectivity index (χ0n) is 16.0. The average Bonchev–Trinajstić information content (AvgIpc) is 3.14. The first-order valence-corrected chi connectivity index (χ1v) is 9.61. The number of carbonyl (C=O) groups excluding carboxylic acids is 1. The summed E-state index contributed by atoms with van der Waals surface area (Å²) in [5.74, 6) is 2.71. The first-order chi connectivity index (χ1) is 13.1. The Morgan fingerprint density at radius 1 is 0.926 bits per heavy atom. The van der Waals surface area contributed by atoms with Crippen LogP contribution in [0.1, 0.15) is 35.6 Å². The van der Waals surface area contributed by atoms with Gasteiger partial charge in [0.1, 0.15) is 17.5 Å². The van der Waals surface area contributed by atoms with E-state index in [0.717, 1.165) is 43.6 Å². The molecule has 4 rings (SSSR count). The Labute approximate surface area is 159 Å². The van der Waals surface area contributed by atoms with Crippen molar-refractivity contribution < 1.29 is 4.79 Å². The molecule has 0 spiro atoms. The molecule has 9 heteroatoms. The van der Waals surface area contributed by atoms with Crippen LogP contribution in [0.5, 0.6) is 0 Å². The van der Waals surface area contributed by atoms with Gasteiger partial charge >= 0.3 is 0 Å². The summed E-state index contributed by atoms with van der Waals surface area (Å²) in [6.45, 7) is 6.89. The fourth-order valence-corrected chi connectivity index (χ4v) is 3.73. The van der Waals surface area contributed by atoms with E-state index in [0.29, 0.717) is 18.8 Å². The van der Waals surface area contributed by atoms with Crippen molar-refractivity contribution in [2.75, 3.05) is 49.1 Å². The lowest BCUT2D eigenvalue weighted by Gasteiger charge is -2.35. The molecule has 0 bridgehead atoms. The number of piperidine rings is 1.